The van der Waals surface area contributed by atoms with Crippen molar-refractivity contribution in [3.05, 3.63) is 24.3 Å². The second-order valence-electron chi connectivity index (χ2n) is 5.73. The fourth-order valence-corrected chi connectivity index (χ4v) is 2.21. The lowest BCUT2D eigenvalue weighted by Gasteiger charge is -2.31. The van der Waals surface area contributed by atoms with Gasteiger partial charge >= 0.3 is 5.97 Å². The number of sulfonamides is 1. The van der Waals surface area contributed by atoms with Gasteiger partial charge in [0.25, 0.3) is 0 Å². The first-order chi connectivity index (χ1) is 9.00. The second kappa shape index (κ2) is 5.80. The number of aliphatic carboxylic acids is 1. The number of carboxylic acid groups (broad SMARTS) is 1. The zero-order valence-corrected chi connectivity index (χ0v) is 12.6. The van der Waals surface area contributed by atoms with Gasteiger partial charge in [0.05, 0.1) is 11.3 Å². The van der Waals surface area contributed by atoms with Crippen LogP contribution in [0.25, 0.3) is 0 Å². The fraction of sp³-hybridized carbons (Fsp3) is 0.462. The van der Waals surface area contributed by atoms with Crippen LogP contribution in [0.3, 0.4) is 0 Å². The molecule has 0 aromatic heterocycles. The van der Waals surface area contributed by atoms with Crippen molar-refractivity contribution >= 4 is 21.7 Å². The molecule has 1 aromatic carbocycles. The highest BCUT2D eigenvalue weighted by atomic mass is 32.2. The number of primary sulfonamides is 1. The summed E-state index contributed by atoms with van der Waals surface area (Å²) in [6, 6.07) is 5.64. The van der Waals surface area contributed by atoms with E-state index in [-0.39, 0.29) is 22.8 Å². The van der Waals surface area contributed by atoms with E-state index >= 15 is 0 Å². The number of carbonyl (C=O) groups is 1. The van der Waals surface area contributed by atoms with Crippen LogP contribution in [0.5, 0.6) is 0 Å². The van der Waals surface area contributed by atoms with Crippen LogP contribution in [0, 0.1) is 5.41 Å². The van der Waals surface area contributed by atoms with E-state index in [9.17, 15) is 13.2 Å². The summed E-state index contributed by atoms with van der Waals surface area (Å²) >= 11 is 0. The number of nitrogens with two attached hydrogens (primary N) is 1. The number of hydrogen-bond acceptors (Lipinski definition) is 4. The first-order valence-corrected chi connectivity index (χ1v) is 7.66. The lowest BCUT2D eigenvalue weighted by molar-refractivity contribution is -0.137. The topological polar surface area (TPSA) is 109 Å². The van der Waals surface area contributed by atoms with E-state index in [4.69, 9.17) is 10.2 Å². The van der Waals surface area contributed by atoms with Crippen LogP contribution in [-0.2, 0) is 14.8 Å². The highest BCUT2D eigenvalue weighted by molar-refractivity contribution is 7.89. The van der Waals surface area contributed by atoms with E-state index in [1.165, 1.54) is 12.1 Å². The quantitative estimate of drug-likeness (QED) is 0.765. The third-order valence-electron chi connectivity index (χ3n) is 2.95. The van der Waals surface area contributed by atoms with Gasteiger partial charge in [-0.1, -0.05) is 20.8 Å². The minimum Gasteiger partial charge on any atom is -0.481 e. The third-order valence-corrected chi connectivity index (χ3v) is 3.88. The molecule has 1 unspecified atom stereocenters. The predicted molar refractivity (Wildman–Crippen MR) is 76.9 cm³/mol. The second-order valence-corrected chi connectivity index (χ2v) is 7.29. The van der Waals surface area contributed by atoms with E-state index in [2.05, 4.69) is 5.32 Å². The number of rotatable bonds is 5. The Morgan fingerprint density at radius 2 is 1.80 bits per heavy atom. The average molecular weight is 300 g/mol. The smallest absolute Gasteiger partial charge is 0.305 e. The van der Waals surface area contributed by atoms with Gasteiger partial charge in [-0.15, -0.1) is 0 Å². The minimum atomic E-state index is -3.72. The van der Waals surface area contributed by atoms with Crippen molar-refractivity contribution in [1.29, 1.82) is 0 Å². The van der Waals surface area contributed by atoms with Crippen molar-refractivity contribution in [3.8, 4) is 0 Å². The number of anilines is 1. The zero-order chi connectivity index (χ0) is 15.6. The molecule has 4 N–H and O–H groups in total. The zero-order valence-electron chi connectivity index (χ0n) is 11.8. The Balaban J connectivity index is 2.92. The summed E-state index contributed by atoms with van der Waals surface area (Å²) in [6.07, 6.45) is -0.0273. The van der Waals surface area contributed by atoms with E-state index in [0.717, 1.165) is 0 Å². The van der Waals surface area contributed by atoms with Crippen molar-refractivity contribution in [2.75, 3.05) is 5.32 Å². The maximum absolute atomic E-state index is 11.2. The van der Waals surface area contributed by atoms with Gasteiger partial charge in [-0.3, -0.25) is 4.79 Å². The van der Waals surface area contributed by atoms with Crippen LogP contribution >= 0.6 is 0 Å². The van der Waals surface area contributed by atoms with Gasteiger partial charge in [0.1, 0.15) is 0 Å². The van der Waals surface area contributed by atoms with Crippen LogP contribution in [0.4, 0.5) is 5.69 Å². The predicted octanol–water partition coefficient (Wildman–Crippen LogP) is 1.64. The van der Waals surface area contributed by atoms with Crippen LogP contribution in [0.2, 0.25) is 0 Å². The molecule has 0 aliphatic carbocycles. The van der Waals surface area contributed by atoms with Gasteiger partial charge in [0.15, 0.2) is 0 Å². The van der Waals surface area contributed by atoms with Gasteiger partial charge < -0.3 is 10.4 Å². The van der Waals surface area contributed by atoms with Crippen LogP contribution in [-0.4, -0.2) is 25.5 Å². The van der Waals surface area contributed by atoms with Crippen molar-refractivity contribution in [3.63, 3.8) is 0 Å². The summed E-state index contributed by atoms with van der Waals surface area (Å²) in [5.41, 5.74) is 0.398. The summed E-state index contributed by atoms with van der Waals surface area (Å²) in [4.78, 5) is 10.9. The number of carboxylic acids is 1. The molecule has 0 radical (unpaired) electrons. The molecule has 0 fully saturated rings. The van der Waals surface area contributed by atoms with Gasteiger partial charge in [0, 0.05) is 11.7 Å². The molecule has 0 saturated carbocycles. The van der Waals surface area contributed by atoms with Crippen molar-refractivity contribution in [2.45, 2.75) is 38.1 Å². The highest BCUT2D eigenvalue weighted by Crippen LogP contribution is 2.26. The Kier molecular flexibility index (Phi) is 4.77. The number of benzene rings is 1. The van der Waals surface area contributed by atoms with E-state index < -0.39 is 16.0 Å². The molecular weight excluding hydrogens is 280 g/mol. The van der Waals surface area contributed by atoms with Crippen molar-refractivity contribution < 1.29 is 18.3 Å². The summed E-state index contributed by atoms with van der Waals surface area (Å²) in [5, 5.41) is 17.1. The van der Waals surface area contributed by atoms with Gasteiger partial charge in [-0.05, 0) is 29.7 Å². The number of nitrogens with one attached hydrogen (secondary N) is 1. The van der Waals surface area contributed by atoms with Gasteiger partial charge in [-0.25, -0.2) is 13.6 Å². The molecular formula is C13H20N2O4S. The fourth-order valence-electron chi connectivity index (χ4n) is 1.69. The molecule has 0 bridgehead atoms. The Morgan fingerprint density at radius 3 is 2.15 bits per heavy atom. The van der Waals surface area contributed by atoms with Crippen LogP contribution in [0.1, 0.15) is 27.2 Å². The largest absolute Gasteiger partial charge is 0.481 e. The summed E-state index contributed by atoms with van der Waals surface area (Å²) in [7, 11) is -3.72. The number of hydrogen-bond donors (Lipinski definition) is 3. The normalized spacial score (nSPS) is 13.8. The van der Waals surface area contributed by atoms with Gasteiger partial charge in [0.2, 0.25) is 10.0 Å². The SMILES string of the molecule is CC(C)(C)C(CC(=O)O)Nc1ccc(S(N)(=O)=O)cc1. The molecule has 0 aliphatic heterocycles. The van der Waals surface area contributed by atoms with E-state index in [1.807, 2.05) is 20.8 Å². The van der Waals surface area contributed by atoms with Crippen LogP contribution in [0.15, 0.2) is 29.2 Å². The molecule has 0 amide bonds. The van der Waals surface area contributed by atoms with Crippen LogP contribution < -0.4 is 10.5 Å². The highest BCUT2D eigenvalue weighted by Gasteiger charge is 2.26. The average Bonchev–Trinajstić information content (AvgIpc) is 2.25. The lowest BCUT2D eigenvalue weighted by Crippen LogP contribution is -2.36. The monoisotopic (exact) mass is 300 g/mol. The van der Waals surface area contributed by atoms with Crippen molar-refractivity contribution in [1.82, 2.24) is 0 Å². The molecule has 1 atom stereocenters. The first kappa shape index (κ1) is 16.5. The molecule has 0 spiro atoms. The lowest BCUT2D eigenvalue weighted by atomic mass is 9.84. The molecule has 1 aromatic rings. The van der Waals surface area contributed by atoms with E-state index in [0.29, 0.717) is 5.69 Å². The first-order valence-electron chi connectivity index (χ1n) is 6.11. The molecule has 7 heteroatoms. The minimum absolute atomic E-state index is 0.0218. The van der Waals surface area contributed by atoms with Crippen molar-refractivity contribution in [2.24, 2.45) is 10.6 Å². The summed E-state index contributed by atoms with van der Waals surface area (Å²) in [5.74, 6) is -0.890. The molecule has 1 rings (SSSR count). The molecule has 6 nitrogen and oxygen atoms in total. The Hall–Kier alpha value is -1.60. The Morgan fingerprint density at radius 1 is 1.30 bits per heavy atom. The molecule has 0 aliphatic rings. The molecule has 0 heterocycles. The molecule has 20 heavy (non-hydrogen) atoms. The van der Waals surface area contributed by atoms with Gasteiger partial charge in [-0.2, -0.15) is 0 Å². The molecule has 112 valence electrons. The summed E-state index contributed by atoms with van der Waals surface area (Å²) < 4.78 is 22.3. The molecule has 0 saturated heterocycles. The maximum Gasteiger partial charge on any atom is 0.305 e. The third kappa shape index (κ3) is 4.82. The van der Waals surface area contributed by atoms with E-state index in [1.54, 1.807) is 12.1 Å². The Bertz CT molecular complexity index is 573. The standard InChI is InChI=1S/C13H20N2O4S/c1-13(2,3)11(8-12(16)17)15-9-4-6-10(7-5-9)20(14,18)19/h4-7,11,15H,8H2,1-3H3,(H,16,17)(H2,14,18,19). The maximum atomic E-state index is 11.2. The Labute approximate surface area is 119 Å². The summed E-state index contributed by atoms with van der Waals surface area (Å²) in [6.45, 7) is 5.81.